The van der Waals surface area contributed by atoms with Crippen molar-refractivity contribution in [3.63, 3.8) is 0 Å². The minimum atomic E-state index is 0. The Morgan fingerprint density at radius 1 is 1.00 bits per heavy atom. The molecule has 0 aromatic heterocycles. The first-order chi connectivity index (χ1) is 3.13. The molecule has 0 atom stereocenters. The van der Waals surface area contributed by atoms with E-state index in [1.165, 1.54) is 0 Å². The summed E-state index contributed by atoms with van der Waals surface area (Å²) in [6.45, 7) is 9.20. The van der Waals surface area contributed by atoms with Crippen molar-refractivity contribution in [2.24, 2.45) is 0 Å². The fraction of sp³-hybridized carbons (Fsp3) is 1.00. The first kappa shape index (κ1) is 11.3. The van der Waals surface area contributed by atoms with Crippen LogP contribution in [-0.4, -0.2) is 15.2 Å². The van der Waals surface area contributed by atoms with Crippen LogP contribution >= 0.6 is 0 Å². The second-order valence-electron chi connectivity index (χ2n) is 2.68. The molecule has 0 heterocycles. The van der Waals surface area contributed by atoms with Crippen molar-refractivity contribution in [1.82, 2.24) is 6.15 Å². The summed E-state index contributed by atoms with van der Waals surface area (Å²) in [6.07, 6.45) is 0. The van der Waals surface area contributed by atoms with Crippen molar-refractivity contribution < 1.29 is 1.43 Å². The van der Waals surface area contributed by atoms with Gasteiger partial charge in [-0.2, -0.15) is 0 Å². The third-order valence-electron chi connectivity index (χ3n) is 0.770. The fourth-order valence-corrected chi connectivity index (χ4v) is 2.31. The summed E-state index contributed by atoms with van der Waals surface area (Å²) in [5.74, 6) is 0. The van der Waals surface area contributed by atoms with E-state index in [4.69, 9.17) is 0 Å². The minimum absolute atomic E-state index is 0. The zero-order valence-electron chi connectivity index (χ0n) is 7.44. The Hall–Kier alpha value is 0.492. The maximum atomic E-state index is 2.30. The molecule has 0 fully saturated rings. The van der Waals surface area contributed by atoms with Crippen molar-refractivity contribution in [1.29, 1.82) is 0 Å². The minimum Gasteiger partial charge on any atom is -1.00 e. The number of hydrogen-bond donors (Lipinski definition) is 1. The van der Waals surface area contributed by atoms with Crippen LogP contribution in [0.2, 0.25) is 9.56 Å². The summed E-state index contributed by atoms with van der Waals surface area (Å²) in [5.41, 5.74) is 0. The second kappa shape index (κ2) is 5.63. The summed E-state index contributed by atoms with van der Waals surface area (Å²) in [5, 5.41) is 0. The molecule has 0 aliphatic carbocycles. The van der Waals surface area contributed by atoms with Crippen molar-refractivity contribution in [2.45, 2.75) is 37.3 Å². The van der Waals surface area contributed by atoms with Gasteiger partial charge >= 0.3 is 52.5 Å². The molecule has 0 amide bonds. The van der Waals surface area contributed by atoms with Crippen LogP contribution in [0.1, 0.15) is 29.1 Å². The van der Waals surface area contributed by atoms with E-state index >= 15 is 0 Å². The Labute approximate surface area is 60.6 Å². The molecule has 0 aromatic carbocycles. The van der Waals surface area contributed by atoms with Crippen LogP contribution in [0, 0.1) is 0 Å². The third-order valence-corrected chi connectivity index (χ3v) is 2.31. The molecule has 8 heavy (non-hydrogen) atoms. The normalized spacial score (nSPS) is 8.75. The van der Waals surface area contributed by atoms with Crippen LogP contribution in [0.3, 0.4) is 0 Å². The molecular formula is C6H18AlN. The van der Waals surface area contributed by atoms with Gasteiger partial charge in [0.1, 0.15) is 0 Å². The Kier molecular flexibility index (Phi) is 7.95. The molecule has 3 N–H and O–H groups in total. The van der Waals surface area contributed by atoms with Gasteiger partial charge in [-0.15, -0.1) is 0 Å². The van der Waals surface area contributed by atoms with Crippen molar-refractivity contribution in [2.75, 3.05) is 0 Å². The van der Waals surface area contributed by atoms with Gasteiger partial charge < -0.3 is 7.58 Å². The molecule has 0 spiro atoms. The van der Waals surface area contributed by atoms with Crippen molar-refractivity contribution >= 4 is 15.2 Å². The Morgan fingerprint density at radius 3 is 1.25 bits per heavy atom. The molecule has 0 unspecified atom stereocenters. The van der Waals surface area contributed by atoms with Gasteiger partial charge in [0, 0.05) is 0 Å². The van der Waals surface area contributed by atoms with Gasteiger partial charge in [0.15, 0.2) is 0 Å². The zero-order chi connectivity index (χ0) is 5.86. The standard InChI is InChI=1S/2C3H7.Al.H3N.H/c2*1-3-2;;;/h2*3H,1-2H3;;1H3;/q;;+1;;-1. The molecule has 0 saturated heterocycles. The van der Waals surface area contributed by atoms with Gasteiger partial charge in [-0.05, 0) is 0 Å². The average molecular weight is 131 g/mol. The van der Waals surface area contributed by atoms with E-state index in [9.17, 15) is 0 Å². The van der Waals surface area contributed by atoms with E-state index in [1.54, 1.807) is 0 Å². The van der Waals surface area contributed by atoms with Crippen molar-refractivity contribution in [3.8, 4) is 0 Å². The molecular weight excluding hydrogens is 113 g/mol. The smallest absolute Gasteiger partial charge is 0.344 e. The van der Waals surface area contributed by atoms with Gasteiger partial charge in [0.05, 0.1) is 0 Å². The van der Waals surface area contributed by atoms with E-state index in [2.05, 4.69) is 27.7 Å². The van der Waals surface area contributed by atoms with Crippen LogP contribution in [0.4, 0.5) is 0 Å². The first-order valence-electron chi connectivity index (χ1n) is 2.98. The van der Waals surface area contributed by atoms with Crippen LogP contribution in [-0.2, 0) is 0 Å². The summed E-state index contributed by atoms with van der Waals surface area (Å²) in [4.78, 5) is 0. The predicted octanol–water partition coefficient (Wildman–Crippen LogP) is 2.62. The SMILES string of the molecule is C[CH](C)[Al+][CH](C)C.N.[H-]. The van der Waals surface area contributed by atoms with E-state index in [0.717, 1.165) is 9.56 Å². The molecule has 0 radical (unpaired) electrons. The van der Waals surface area contributed by atoms with Crippen LogP contribution in [0.25, 0.3) is 0 Å². The van der Waals surface area contributed by atoms with Gasteiger partial charge in [0.2, 0.25) is 0 Å². The number of hydrogen-bond acceptors (Lipinski definition) is 1. The summed E-state index contributed by atoms with van der Waals surface area (Å²) >= 11 is 0.713. The molecule has 0 aromatic rings. The molecule has 0 bridgehead atoms. The second-order valence-corrected chi connectivity index (χ2v) is 5.73. The van der Waals surface area contributed by atoms with Crippen LogP contribution in [0.15, 0.2) is 0 Å². The topological polar surface area (TPSA) is 35.0 Å². The maximum Gasteiger partial charge on any atom is -0.344 e. The third kappa shape index (κ3) is 9.70. The largest absolute Gasteiger partial charge is 1.00 e. The van der Waals surface area contributed by atoms with Gasteiger partial charge in [-0.25, -0.2) is 0 Å². The summed E-state index contributed by atoms with van der Waals surface area (Å²) < 4.78 is 1.92. The average Bonchev–Trinajstić information content (AvgIpc) is 1.27. The van der Waals surface area contributed by atoms with Crippen LogP contribution < -0.4 is 6.15 Å². The fourth-order valence-electron chi connectivity index (χ4n) is 0.770. The van der Waals surface area contributed by atoms with Crippen molar-refractivity contribution in [3.05, 3.63) is 0 Å². The Morgan fingerprint density at radius 2 is 1.25 bits per heavy atom. The Bertz CT molecular complexity index is 42.3. The molecule has 0 aliphatic rings. The van der Waals surface area contributed by atoms with E-state index in [1.807, 2.05) is 0 Å². The molecule has 0 saturated carbocycles. The van der Waals surface area contributed by atoms with Gasteiger partial charge in [0.25, 0.3) is 0 Å². The monoisotopic (exact) mass is 131 g/mol. The molecule has 0 aliphatic heterocycles. The van der Waals surface area contributed by atoms with Gasteiger partial charge in [-0.1, -0.05) is 0 Å². The molecule has 1 nitrogen and oxygen atoms in total. The molecule has 2 heteroatoms. The zero-order valence-corrected chi connectivity index (χ0v) is 7.59. The molecule has 0 rings (SSSR count). The van der Waals surface area contributed by atoms with Gasteiger partial charge in [-0.3, -0.25) is 0 Å². The van der Waals surface area contributed by atoms with E-state index in [-0.39, 0.29) is 7.58 Å². The number of rotatable bonds is 2. The quantitative estimate of drug-likeness (QED) is 0.574. The maximum absolute atomic E-state index is 2.30. The summed E-state index contributed by atoms with van der Waals surface area (Å²) in [6, 6.07) is 0. The van der Waals surface area contributed by atoms with E-state index < -0.39 is 0 Å². The predicted molar refractivity (Wildman–Crippen MR) is 42.1 cm³/mol. The first-order valence-corrected chi connectivity index (χ1v) is 4.31. The van der Waals surface area contributed by atoms with E-state index in [0.29, 0.717) is 15.2 Å². The van der Waals surface area contributed by atoms with Crippen LogP contribution in [0.5, 0.6) is 0 Å². The summed E-state index contributed by atoms with van der Waals surface area (Å²) in [7, 11) is 0. The molecule has 50 valence electrons. The Balaban J connectivity index is -0.000000180.